The molecule has 0 radical (unpaired) electrons. The normalized spacial score (nSPS) is 14.1. The van der Waals surface area contributed by atoms with Gasteiger partial charge in [0.2, 0.25) is 4.34 Å². The summed E-state index contributed by atoms with van der Waals surface area (Å²) in [7, 11) is -3.71. The SMILES string of the molecule is CC(O)NS(=O)(=O)c1nc2ccccc2s1. The number of sulfonamides is 1. The number of thiazole rings is 1. The number of hydrogen-bond acceptors (Lipinski definition) is 5. The molecule has 86 valence electrons. The summed E-state index contributed by atoms with van der Waals surface area (Å²) in [5.41, 5.74) is 0.637. The van der Waals surface area contributed by atoms with E-state index >= 15 is 0 Å². The van der Waals surface area contributed by atoms with Crippen LogP contribution in [-0.2, 0) is 10.0 Å². The first-order valence-corrected chi connectivity index (χ1v) is 6.85. The summed E-state index contributed by atoms with van der Waals surface area (Å²) in [4.78, 5) is 3.99. The van der Waals surface area contributed by atoms with Crippen molar-refractivity contribution >= 4 is 31.6 Å². The first-order chi connectivity index (χ1) is 7.49. The van der Waals surface area contributed by atoms with Gasteiger partial charge < -0.3 is 5.11 Å². The van der Waals surface area contributed by atoms with Crippen LogP contribution < -0.4 is 4.72 Å². The van der Waals surface area contributed by atoms with Gasteiger partial charge in [-0.3, -0.25) is 0 Å². The zero-order valence-corrected chi connectivity index (χ0v) is 10.0. The fraction of sp³-hybridized carbons (Fsp3) is 0.222. The van der Waals surface area contributed by atoms with Gasteiger partial charge in [-0.1, -0.05) is 12.1 Å². The molecule has 0 aliphatic rings. The van der Waals surface area contributed by atoms with Crippen molar-refractivity contribution in [1.82, 2.24) is 9.71 Å². The molecule has 2 aromatic rings. The molecule has 0 amide bonds. The Morgan fingerprint density at radius 2 is 2.12 bits per heavy atom. The highest BCUT2D eigenvalue weighted by molar-refractivity contribution is 7.91. The van der Waals surface area contributed by atoms with Crippen LogP contribution in [0.4, 0.5) is 0 Å². The highest BCUT2D eigenvalue weighted by Gasteiger charge is 2.20. The number of rotatable bonds is 3. The van der Waals surface area contributed by atoms with E-state index < -0.39 is 16.3 Å². The van der Waals surface area contributed by atoms with E-state index in [9.17, 15) is 8.42 Å². The lowest BCUT2D eigenvalue weighted by atomic mass is 10.3. The second-order valence-electron chi connectivity index (χ2n) is 3.24. The van der Waals surface area contributed by atoms with E-state index in [1.165, 1.54) is 6.92 Å². The lowest BCUT2D eigenvalue weighted by molar-refractivity contribution is 0.184. The van der Waals surface area contributed by atoms with Crippen LogP contribution in [0.2, 0.25) is 0 Å². The molecule has 1 aromatic heterocycles. The summed E-state index contributed by atoms with van der Waals surface area (Å²) in [5, 5.41) is 9.01. The van der Waals surface area contributed by atoms with Crippen LogP contribution in [0.3, 0.4) is 0 Å². The number of nitrogens with one attached hydrogen (secondary N) is 1. The first-order valence-electron chi connectivity index (χ1n) is 4.55. The van der Waals surface area contributed by atoms with Gasteiger partial charge in [0.1, 0.15) is 6.23 Å². The average Bonchev–Trinajstić information content (AvgIpc) is 2.59. The Morgan fingerprint density at radius 3 is 2.75 bits per heavy atom. The fourth-order valence-electron chi connectivity index (χ4n) is 1.24. The molecule has 0 fully saturated rings. The minimum Gasteiger partial charge on any atom is -0.378 e. The van der Waals surface area contributed by atoms with Gasteiger partial charge in [-0.15, -0.1) is 11.3 Å². The van der Waals surface area contributed by atoms with Gasteiger partial charge in [-0.25, -0.2) is 13.4 Å². The van der Waals surface area contributed by atoms with Crippen LogP contribution in [0, 0.1) is 0 Å². The lowest BCUT2D eigenvalue weighted by Crippen LogP contribution is -2.32. The smallest absolute Gasteiger partial charge is 0.270 e. The van der Waals surface area contributed by atoms with Crippen LogP contribution >= 0.6 is 11.3 Å². The molecule has 5 nitrogen and oxygen atoms in total. The molecule has 7 heteroatoms. The van der Waals surface area contributed by atoms with Crippen LogP contribution in [0.25, 0.3) is 10.2 Å². The third-order valence-electron chi connectivity index (χ3n) is 1.83. The van der Waals surface area contributed by atoms with Crippen molar-refractivity contribution in [1.29, 1.82) is 0 Å². The highest BCUT2D eigenvalue weighted by atomic mass is 32.2. The monoisotopic (exact) mass is 258 g/mol. The third-order valence-corrected chi connectivity index (χ3v) is 4.77. The quantitative estimate of drug-likeness (QED) is 0.802. The molecule has 0 bridgehead atoms. The van der Waals surface area contributed by atoms with Gasteiger partial charge in [0.15, 0.2) is 0 Å². The van der Waals surface area contributed by atoms with Crippen molar-refractivity contribution in [3.05, 3.63) is 24.3 Å². The van der Waals surface area contributed by atoms with Crippen molar-refractivity contribution in [2.75, 3.05) is 0 Å². The molecule has 16 heavy (non-hydrogen) atoms. The molecule has 1 aromatic carbocycles. The van der Waals surface area contributed by atoms with E-state index in [1.807, 2.05) is 6.07 Å². The van der Waals surface area contributed by atoms with Gasteiger partial charge in [0.05, 0.1) is 10.2 Å². The molecule has 0 aliphatic carbocycles. The maximum absolute atomic E-state index is 11.7. The van der Waals surface area contributed by atoms with Crippen molar-refractivity contribution in [2.24, 2.45) is 0 Å². The summed E-state index contributed by atoms with van der Waals surface area (Å²) >= 11 is 1.07. The summed E-state index contributed by atoms with van der Waals surface area (Å²) in [6.07, 6.45) is -1.13. The minimum atomic E-state index is -3.71. The maximum Gasteiger partial charge on any atom is 0.270 e. The number of fused-ring (bicyclic) bond motifs is 1. The molecule has 2 rings (SSSR count). The van der Waals surface area contributed by atoms with E-state index in [1.54, 1.807) is 18.2 Å². The molecule has 0 aliphatic heterocycles. The van der Waals surface area contributed by atoms with Crippen LogP contribution in [-0.4, -0.2) is 24.7 Å². The third kappa shape index (κ3) is 2.22. The Labute approximate surface area is 96.8 Å². The summed E-state index contributed by atoms with van der Waals surface area (Å²) in [6, 6.07) is 7.15. The van der Waals surface area contributed by atoms with Crippen LogP contribution in [0.15, 0.2) is 28.6 Å². The Kier molecular flexibility index (Phi) is 2.94. The summed E-state index contributed by atoms with van der Waals surface area (Å²) in [6.45, 7) is 1.34. The zero-order chi connectivity index (χ0) is 11.8. The molecular weight excluding hydrogens is 248 g/mol. The molecule has 1 heterocycles. The van der Waals surface area contributed by atoms with E-state index in [2.05, 4.69) is 9.71 Å². The largest absolute Gasteiger partial charge is 0.378 e. The Morgan fingerprint density at radius 1 is 1.44 bits per heavy atom. The number of aliphatic hydroxyl groups excluding tert-OH is 1. The van der Waals surface area contributed by atoms with Crippen molar-refractivity contribution in [3.63, 3.8) is 0 Å². The van der Waals surface area contributed by atoms with Gasteiger partial charge in [0, 0.05) is 0 Å². The molecule has 1 unspecified atom stereocenters. The van der Waals surface area contributed by atoms with Gasteiger partial charge in [-0.05, 0) is 19.1 Å². The van der Waals surface area contributed by atoms with E-state index in [4.69, 9.17) is 5.11 Å². The zero-order valence-electron chi connectivity index (χ0n) is 8.41. The second-order valence-corrected chi connectivity index (χ2v) is 6.16. The fourth-order valence-corrected chi connectivity index (χ4v) is 3.56. The molecule has 2 N–H and O–H groups in total. The maximum atomic E-state index is 11.7. The van der Waals surface area contributed by atoms with Gasteiger partial charge in [-0.2, -0.15) is 4.72 Å². The topological polar surface area (TPSA) is 79.3 Å². The second kappa shape index (κ2) is 4.10. The number of nitrogens with zero attached hydrogens (tertiary/aromatic N) is 1. The van der Waals surface area contributed by atoms with Crippen molar-refractivity contribution in [2.45, 2.75) is 17.5 Å². The van der Waals surface area contributed by atoms with Crippen molar-refractivity contribution < 1.29 is 13.5 Å². The standard InChI is InChI=1S/C9H10N2O3S2/c1-6(12)11-16(13,14)9-10-7-4-2-3-5-8(7)15-9/h2-6,11-12H,1H3. The minimum absolute atomic E-state index is 0.0328. The number of aliphatic hydroxyl groups is 1. The van der Waals surface area contributed by atoms with Crippen molar-refractivity contribution in [3.8, 4) is 0 Å². The van der Waals surface area contributed by atoms with Gasteiger partial charge in [0.25, 0.3) is 10.0 Å². The van der Waals surface area contributed by atoms with E-state index in [0.717, 1.165) is 16.0 Å². The van der Waals surface area contributed by atoms with Crippen LogP contribution in [0.5, 0.6) is 0 Å². The predicted molar refractivity (Wildman–Crippen MR) is 61.6 cm³/mol. The Hall–Kier alpha value is -1.02. The summed E-state index contributed by atoms with van der Waals surface area (Å²) in [5.74, 6) is 0. The lowest BCUT2D eigenvalue weighted by Gasteiger charge is -2.04. The predicted octanol–water partition coefficient (Wildman–Crippen LogP) is 0.913. The van der Waals surface area contributed by atoms with Gasteiger partial charge >= 0.3 is 0 Å². The Balaban J connectivity index is 2.48. The molecule has 0 saturated heterocycles. The number of aromatic nitrogens is 1. The average molecular weight is 258 g/mol. The summed E-state index contributed by atoms with van der Waals surface area (Å²) < 4.78 is 26.2. The highest BCUT2D eigenvalue weighted by Crippen LogP contribution is 2.24. The Bertz CT molecular complexity index is 571. The number of hydrogen-bond donors (Lipinski definition) is 2. The molecule has 1 atom stereocenters. The first kappa shape index (κ1) is 11.5. The number of benzene rings is 1. The van der Waals surface area contributed by atoms with Crippen LogP contribution in [0.1, 0.15) is 6.92 Å². The van der Waals surface area contributed by atoms with E-state index in [-0.39, 0.29) is 4.34 Å². The number of para-hydroxylation sites is 1. The molecule has 0 saturated carbocycles. The van der Waals surface area contributed by atoms with E-state index in [0.29, 0.717) is 5.52 Å². The molecular formula is C9H10N2O3S2. The molecule has 0 spiro atoms.